The van der Waals surface area contributed by atoms with Crippen LogP contribution in [-0.2, 0) is 0 Å². The Bertz CT molecular complexity index is 759. The number of hydrogen-bond acceptors (Lipinski definition) is 8. The van der Waals surface area contributed by atoms with E-state index in [1.165, 1.54) is 0 Å². The molecule has 35 heavy (non-hydrogen) atoms. The van der Waals surface area contributed by atoms with E-state index in [9.17, 15) is 0 Å². The van der Waals surface area contributed by atoms with E-state index in [0.717, 1.165) is 69.7 Å². The normalized spacial score (nSPS) is 24.0. The quantitative estimate of drug-likeness (QED) is 0.542. The Morgan fingerprint density at radius 3 is 1.40 bits per heavy atom. The van der Waals surface area contributed by atoms with E-state index in [-0.39, 0.29) is 11.1 Å². The Morgan fingerprint density at radius 2 is 1.09 bits per heavy atom. The molecule has 0 aliphatic carbocycles. The highest BCUT2D eigenvalue weighted by atomic mass is 15.4. The van der Waals surface area contributed by atoms with E-state index in [2.05, 4.69) is 75.8 Å². The Kier molecular flexibility index (Phi) is 8.90. The van der Waals surface area contributed by atoms with Gasteiger partial charge < -0.3 is 25.3 Å². The highest BCUT2D eigenvalue weighted by Crippen LogP contribution is 2.31. The molecule has 2 aliphatic rings. The fourth-order valence-electron chi connectivity index (χ4n) is 5.59. The van der Waals surface area contributed by atoms with Crippen molar-refractivity contribution in [1.29, 1.82) is 0 Å². The molecule has 0 spiro atoms. The van der Waals surface area contributed by atoms with Crippen LogP contribution in [0.5, 0.6) is 0 Å². The minimum Gasteiger partial charge on any atom is -0.347 e. The van der Waals surface area contributed by atoms with Crippen LogP contribution < -0.4 is 25.3 Å². The first-order valence-corrected chi connectivity index (χ1v) is 13.7. The summed E-state index contributed by atoms with van der Waals surface area (Å²) in [6.45, 7) is 22.3. The number of piperidine rings is 2. The average Bonchev–Trinajstić information content (AvgIpc) is 2.73. The molecule has 3 heterocycles. The lowest BCUT2D eigenvalue weighted by Crippen LogP contribution is -2.55. The number of anilines is 3. The van der Waals surface area contributed by atoms with Crippen LogP contribution in [-0.4, -0.2) is 78.4 Å². The van der Waals surface area contributed by atoms with Crippen molar-refractivity contribution in [2.75, 3.05) is 55.0 Å². The van der Waals surface area contributed by atoms with Gasteiger partial charge >= 0.3 is 0 Å². The third kappa shape index (κ3) is 7.66. The number of nitrogens with one attached hydrogen (secondary N) is 2. The van der Waals surface area contributed by atoms with Crippen LogP contribution in [0.25, 0.3) is 0 Å². The summed E-state index contributed by atoms with van der Waals surface area (Å²) in [6, 6.07) is 0.825. The van der Waals surface area contributed by atoms with Crippen molar-refractivity contribution < 1.29 is 0 Å². The van der Waals surface area contributed by atoms with Crippen LogP contribution in [0.4, 0.5) is 17.8 Å². The van der Waals surface area contributed by atoms with Crippen LogP contribution in [0, 0.1) is 11.8 Å². The van der Waals surface area contributed by atoms with Crippen LogP contribution in [0.15, 0.2) is 0 Å². The van der Waals surface area contributed by atoms with Crippen molar-refractivity contribution in [3.8, 4) is 0 Å². The molecule has 1 aromatic heterocycles. The molecule has 200 valence electrons. The SMILES string of the molecule is CC(C)CN(c1nc(N(C)C)nc(N(CC(C)C)C2CCNC(C)(C)C2)n1)C1CCNC(C)(C)C1. The molecule has 2 atom stereocenters. The summed E-state index contributed by atoms with van der Waals surface area (Å²) in [5, 5.41) is 7.35. The van der Waals surface area contributed by atoms with Crippen LogP contribution in [0.2, 0.25) is 0 Å². The maximum Gasteiger partial charge on any atom is 0.232 e. The molecule has 0 saturated carbocycles. The topological polar surface area (TPSA) is 72.5 Å². The molecule has 0 radical (unpaired) electrons. The fourth-order valence-corrected chi connectivity index (χ4v) is 5.59. The maximum atomic E-state index is 5.23. The van der Waals surface area contributed by atoms with Gasteiger partial charge in [0.15, 0.2) is 0 Å². The molecule has 2 fully saturated rings. The molecule has 3 rings (SSSR count). The van der Waals surface area contributed by atoms with Gasteiger partial charge in [0.25, 0.3) is 0 Å². The predicted octanol–water partition coefficient (Wildman–Crippen LogP) is 3.92. The highest BCUT2D eigenvalue weighted by molar-refractivity contribution is 5.47. The van der Waals surface area contributed by atoms with E-state index < -0.39 is 0 Å². The maximum absolute atomic E-state index is 5.23. The molecule has 8 nitrogen and oxygen atoms in total. The largest absolute Gasteiger partial charge is 0.347 e. The summed E-state index contributed by atoms with van der Waals surface area (Å²) < 4.78 is 0. The van der Waals surface area contributed by atoms with Gasteiger partial charge in [0.05, 0.1) is 0 Å². The number of aromatic nitrogens is 3. The zero-order chi connectivity index (χ0) is 26.0. The van der Waals surface area contributed by atoms with Crippen molar-refractivity contribution in [2.45, 2.75) is 104 Å². The summed E-state index contributed by atoms with van der Waals surface area (Å²) >= 11 is 0. The molecule has 0 aromatic carbocycles. The summed E-state index contributed by atoms with van der Waals surface area (Å²) in [7, 11) is 4.06. The Morgan fingerprint density at radius 1 is 0.714 bits per heavy atom. The number of hydrogen-bond donors (Lipinski definition) is 2. The summed E-state index contributed by atoms with van der Waals surface area (Å²) in [6.07, 6.45) is 4.37. The van der Waals surface area contributed by atoms with Crippen LogP contribution in [0.3, 0.4) is 0 Å². The van der Waals surface area contributed by atoms with E-state index in [1.807, 2.05) is 19.0 Å². The smallest absolute Gasteiger partial charge is 0.232 e. The van der Waals surface area contributed by atoms with Gasteiger partial charge in [-0.15, -0.1) is 0 Å². The lowest BCUT2D eigenvalue weighted by Gasteiger charge is -2.44. The molecular formula is C27H52N8. The first kappa shape index (κ1) is 27.9. The summed E-state index contributed by atoms with van der Waals surface area (Å²) in [4.78, 5) is 22.2. The highest BCUT2D eigenvalue weighted by Gasteiger charge is 2.35. The van der Waals surface area contributed by atoms with Crippen molar-refractivity contribution in [3.63, 3.8) is 0 Å². The van der Waals surface area contributed by atoms with Gasteiger partial charge in [0, 0.05) is 50.3 Å². The molecule has 2 saturated heterocycles. The molecule has 1 aromatic rings. The second-order valence-electron chi connectivity index (χ2n) is 13.1. The lowest BCUT2D eigenvalue weighted by molar-refractivity contribution is 0.261. The molecule has 2 unspecified atom stereocenters. The summed E-state index contributed by atoms with van der Waals surface area (Å²) in [5.74, 6) is 3.45. The molecule has 8 heteroatoms. The first-order chi connectivity index (χ1) is 16.3. The molecular weight excluding hydrogens is 436 g/mol. The Balaban J connectivity index is 2.05. The predicted molar refractivity (Wildman–Crippen MR) is 149 cm³/mol. The monoisotopic (exact) mass is 488 g/mol. The van der Waals surface area contributed by atoms with Gasteiger partial charge in [-0.2, -0.15) is 15.0 Å². The van der Waals surface area contributed by atoms with E-state index in [4.69, 9.17) is 15.0 Å². The Labute approximate surface area is 214 Å². The Hall–Kier alpha value is -1.67. The minimum atomic E-state index is 0.114. The van der Waals surface area contributed by atoms with Crippen molar-refractivity contribution in [2.24, 2.45) is 11.8 Å². The number of rotatable bonds is 9. The van der Waals surface area contributed by atoms with E-state index in [0.29, 0.717) is 23.9 Å². The van der Waals surface area contributed by atoms with Gasteiger partial charge in [0.1, 0.15) is 0 Å². The minimum absolute atomic E-state index is 0.114. The zero-order valence-electron chi connectivity index (χ0n) is 24.1. The van der Waals surface area contributed by atoms with E-state index in [1.54, 1.807) is 0 Å². The van der Waals surface area contributed by atoms with Gasteiger partial charge in [-0.3, -0.25) is 0 Å². The second-order valence-corrected chi connectivity index (χ2v) is 13.1. The van der Waals surface area contributed by atoms with Crippen LogP contribution in [0.1, 0.15) is 81.1 Å². The fraction of sp³-hybridized carbons (Fsp3) is 0.889. The molecule has 0 bridgehead atoms. The summed E-state index contributed by atoms with van der Waals surface area (Å²) in [5.41, 5.74) is 0.228. The van der Waals surface area contributed by atoms with Crippen molar-refractivity contribution in [3.05, 3.63) is 0 Å². The first-order valence-electron chi connectivity index (χ1n) is 13.7. The third-order valence-corrected chi connectivity index (χ3v) is 7.17. The van der Waals surface area contributed by atoms with Gasteiger partial charge in [0.2, 0.25) is 17.8 Å². The average molecular weight is 489 g/mol. The second kappa shape index (κ2) is 11.2. The molecule has 2 aliphatic heterocycles. The van der Waals surface area contributed by atoms with Gasteiger partial charge in [-0.25, -0.2) is 0 Å². The standard InChI is InChI=1S/C27H52N8/c1-19(2)17-34(21-11-13-28-26(5,6)15-21)24-30-23(33(9)10)31-25(32-24)35(18-20(3)4)22-12-14-29-27(7,8)16-22/h19-22,28-29H,11-18H2,1-10H3. The third-order valence-electron chi connectivity index (χ3n) is 7.17. The van der Waals surface area contributed by atoms with Gasteiger partial charge in [-0.1, -0.05) is 27.7 Å². The zero-order valence-corrected chi connectivity index (χ0v) is 24.1. The molecule has 2 N–H and O–H groups in total. The lowest BCUT2D eigenvalue weighted by atomic mass is 9.88. The van der Waals surface area contributed by atoms with Gasteiger partial charge in [-0.05, 0) is 78.3 Å². The van der Waals surface area contributed by atoms with E-state index >= 15 is 0 Å². The number of nitrogens with zero attached hydrogens (tertiary/aromatic N) is 6. The van der Waals surface area contributed by atoms with Crippen LogP contribution >= 0.6 is 0 Å². The van der Waals surface area contributed by atoms with Crippen molar-refractivity contribution >= 4 is 17.8 Å². The molecule has 0 amide bonds. The van der Waals surface area contributed by atoms with Crippen molar-refractivity contribution in [1.82, 2.24) is 25.6 Å².